The van der Waals surface area contributed by atoms with Crippen LogP contribution in [-0.4, -0.2) is 5.37 Å². The summed E-state index contributed by atoms with van der Waals surface area (Å²) >= 11 is 4.98. The van der Waals surface area contributed by atoms with E-state index in [1.807, 2.05) is 24.3 Å². The minimum Gasteiger partial charge on any atom is -0.0931 e. The summed E-state index contributed by atoms with van der Waals surface area (Å²) in [5, 5.41) is 1.78. The first-order valence-corrected chi connectivity index (χ1v) is 6.12. The Kier molecular flexibility index (Phi) is 4.23. The third-order valence-electron chi connectivity index (χ3n) is 2.59. The Labute approximate surface area is 108 Å². The molecule has 0 aliphatic rings. The molecule has 0 saturated carbocycles. The molecule has 2 aromatic rings. The number of thiocarbonyl (C=S) groups is 1. The third kappa shape index (κ3) is 3.36. The molecule has 0 saturated heterocycles. The van der Waals surface area contributed by atoms with Crippen LogP contribution in [0.15, 0.2) is 60.7 Å². The molecule has 0 aliphatic carbocycles. The first-order valence-electron chi connectivity index (χ1n) is 5.65. The van der Waals surface area contributed by atoms with E-state index < -0.39 is 0 Å². The second-order valence-electron chi connectivity index (χ2n) is 3.82. The smallest absolute Gasteiger partial charge is 0.00139 e. The lowest BCUT2D eigenvalue weighted by Crippen LogP contribution is -1.85. The normalized spacial score (nSPS) is 11.2. The van der Waals surface area contributed by atoms with Crippen LogP contribution in [0, 0.1) is 0 Å². The van der Waals surface area contributed by atoms with E-state index in [-0.39, 0.29) is 0 Å². The van der Waals surface area contributed by atoms with Crippen LogP contribution in [0.5, 0.6) is 0 Å². The largest absolute Gasteiger partial charge is 0.0931 e. The van der Waals surface area contributed by atoms with Crippen molar-refractivity contribution in [3.8, 4) is 0 Å². The number of hydrogen-bond donors (Lipinski definition) is 0. The van der Waals surface area contributed by atoms with Gasteiger partial charge in [0.15, 0.2) is 0 Å². The highest BCUT2D eigenvalue weighted by atomic mass is 32.1. The van der Waals surface area contributed by atoms with Crippen molar-refractivity contribution in [1.82, 2.24) is 0 Å². The lowest BCUT2D eigenvalue weighted by molar-refractivity contribution is 1.51. The number of allylic oxidation sites excluding steroid dienone is 1. The van der Waals surface area contributed by atoms with E-state index in [0.717, 1.165) is 6.42 Å². The monoisotopic (exact) mass is 238 g/mol. The molecule has 0 spiro atoms. The Balaban J connectivity index is 2.36. The predicted octanol–water partition coefficient (Wildman–Crippen LogP) is 4.62. The van der Waals surface area contributed by atoms with E-state index in [0.29, 0.717) is 0 Å². The molecule has 2 rings (SSSR count). The maximum atomic E-state index is 4.98. The lowest BCUT2D eigenvalue weighted by Gasteiger charge is -2.05. The van der Waals surface area contributed by atoms with Crippen LogP contribution >= 0.6 is 12.2 Å². The van der Waals surface area contributed by atoms with Crippen molar-refractivity contribution in [2.75, 3.05) is 0 Å². The van der Waals surface area contributed by atoms with Crippen molar-refractivity contribution in [1.29, 1.82) is 0 Å². The Morgan fingerprint density at radius 2 is 1.47 bits per heavy atom. The highest BCUT2D eigenvalue weighted by Crippen LogP contribution is 2.20. The molecule has 0 nitrogen and oxygen atoms in total. The summed E-state index contributed by atoms with van der Waals surface area (Å²) in [5.74, 6) is 0. The molecule has 17 heavy (non-hydrogen) atoms. The minimum atomic E-state index is 0.814. The van der Waals surface area contributed by atoms with Gasteiger partial charge in [0.1, 0.15) is 0 Å². The molecule has 2 aromatic carbocycles. The summed E-state index contributed by atoms with van der Waals surface area (Å²) < 4.78 is 0. The van der Waals surface area contributed by atoms with Gasteiger partial charge in [-0.1, -0.05) is 79.0 Å². The minimum absolute atomic E-state index is 0.814. The molecule has 0 fully saturated rings. The topological polar surface area (TPSA) is 0 Å². The van der Waals surface area contributed by atoms with Crippen LogP contribution in [0.1, 0.15) is 17.5 Å². The lowest BCUT2D eigenvalue weighted by atomic mass is 10.0. The van der Waals surface area contributed by atoms with Crippen molar-refractivity contribution in [2.24, 2.45) is 0 Å². The Morgan fingerprint density at radius 1 is 0.882 bits per heavy atom. The van der Waals surface area contributed by atoms with Gasteiger partial charge in [0.05, 0.1) is 0 Å². The van der Waals surface area contributed by atoms with Crippen molar-refractivity contribution >= 4 is 29.2 Å². The van der Waals surface area contributed by atoms with Crippen LogP contribution < -0.4 is 0 Å². The molecule has 0 N–H and O–H groups in total. The highest BCUT2D eigenvalue weighted by Gasteiger charge is 1.99. The van der Waals surface area contributed by atoms with Crippen molar-refractivity contribution in [3.05, 3.63) is 71.8 Å². The predicted molar refractivity (Wildman–Crippen MR) is 79.0 cm³/mol. The van der Waals surface area contributed by atoms with E-state index in [4.69, 9.17) is 12.2 Å². The van der Waals surface area contributed by atoms with Crippen LogP contribution in [0.4, 0.5) is 0 Å². The van der Waals surface area contributed by atoms with Crippen LogP contribution in [0.2, 0.25) is 0 Å². The standard InChI is InChI=1S/C16H14S/c17-12-11-16(15-9-5-2-6-10-15)13-14-7-3-1-4-8-14/h1-10,12-13H,11H2/b16-13+. The van der Waals surface area contributed by atoms with E-state index in [1.54, 1.807) is 5.37 Å². The van der Waals surface area contributed by atoms with Crippen LogP contribution in [-0.2, 0) is 0 Å². The molecule has 0 unspecified atom stereocenters. The molecular formula is C16H14S. The van der Waals surface area contributed by atoms with Gasteiger partial charge < -0.3 is 0 Å². The summed E-state index contributed by atoms with van der Waals surface area (Å²) in [6.07, 6.45) is 3.01. The van der Waals surface area contributed by atoms with Crippen LogP contribution in [0.3, 0.4) is 0 Å². The fourth-order valence-corrected chi connectivity index (χ4v) is 1.93. The molecule has 0 radical (unpaired) electrons. The summed E-state index contributed by atoms with van der Waals surface area (Å²) in [5.41, 5.74) is 3.70. The van der Waals surface area contributed by atoms with Gasteiger partial charge in [-0.05, 0) is 22.1 Å². The third-order valence-corrected chi connectivity index (χ3v) is 2.75. The molecule has 1 heteroatoms. The molecular weight excluding hydrogens is 224 g/mol. The van der Waals surface area contributed by atoms with E-state index in [2.05, 4.69) is 42.5 Å². The molecule has 84 valence electrons. The fourth-order valence-electron chi connectivity index (χ4n) is 1.75. The maximum Gasteiger partial charge on any atom is 0.00139 e. The van der Waals surface area contributed by atoms with E-state index in [9.17, 15) is 0 Å². The average Bonchev–Trinajstić information content (AvgIpc) is 2.40. The van der Waals surface area contributed by atoms with E-state index in [1.165, 1.54) is 16.7 Å². The summed E-state index contributed by atoms with van der Waals surface area (Å²) in [6.45, 7) is 0. The molecule has 0 aliphatic heterocycles. The van der Waals surface area contributed by atoms with Gasteiger partial charge >= 0.3 is 0 Å². The van der Waals surface area contributed by atoms with Crippen LogP contribution in [0.25, 0.3) is 11.6 Å². The van der Waals surface area contributed by atoms with Gasteiger partial charge in [0.2, 0.25) is 0 Å². The number of benzene rings is 2. The molecule has 0 heterocycles. The van der Waals surface area contributed by atoms with Crippen molar-refractivity contribution < 1.29 is 0 Å². The fraction of sp³-hybridized carbons (Fsp3) is 0.0625. The molecule has 0 bridgehead atoms. The zero-order valence-corrected chi connectivity index (χ0v) is 10.4. The Bertz CT molecular complexity index is 498. The second-order valence-corrected chi connectivity index (χ2v) is 4.15. The van der Waals surface area contributed by atoms with Gasteiger partial charge in [0, 0.05) is 6.42 Å². The van der Waals surface area contributed by atoms with Crippen molar-refractivity contribution in [3.63, 3.8) is 0 Å². The first kappa shape index (κ1) is 11.7. The van der Waals surface area contributed by atoms with Gasteiger partial charge in [-0.15, -0.1) is 0 Å². The SMILES string of the molecule is S=CC/C(=C\c1ccccc1)c1ccccc1. The number of rotatable bonds is 4. The Hall–Kier alpha value is -1.73. The van der Waals surface area contributed by atoms with Gasteiger partial charge in [-0.3, -0.25) is 0 Å². The molecule has 0 amide bonds. The zero-order valence-electron chi connectivity index (χ0n) is 9.54. The Morgan fingerprint density at radius 3 is 2.06 bits per heavy atom. The molecule has 0 aromatic heterocycles. The number of hydrogen-bond acceptors (Lipinski definition) is 1. The van der Waals surface area contributed by atoms with Crippen molar-refractivity contribution in [2.45, 2.75) is 6.42 Å². The summed E-state index contributed by atoms with van der Waals surface area (Å²) in [6, 6.07) is 20.7. The van der Waals surface area contributed by atoms with E-state index >= 15 is 0 Å². The average molecular weight is 238 g/mol. The highest BCUT2D eigenvalue weighted by molar-refractivity contribution is 7.79. The summed E-state index contributed by atoms with van der Waals surface area (Å²) in [7, 11) is 0. The molecule has 0 atom stereocenters. The first-order chi connectivity index (χ1) is 8.40. The quantitative estimate of drug-likeness (QED) is 0.553. The maximum absolute atomic E-state index is 4.98. The zero-order chi connectivity index (χ0) is 11.9. The van der Waals surface area contributed by atoms with Gasteiger partial charge in [-0.25, -0.2) is 0 Å². The summed E-state index contributed by atoms with van der Waals surface area (Å²) in [4.78, 5) is 0. The van der Waals surface area contributed by atoms with Gasteiger partial charge in [0.25, 0.3) is 0 Å². The van der Waals surface area contributed by atoms with Gasteiger partial charge in [-0.2, -0.15) is 0 Å². The second kappa shape index (κ2) is 6.12.